The minimum absolute atomic E-state index is 0.0826. The van der Waals surface area contributed by atoms with E-state index in [9.17, 15) is 0 Å². The van der Waals surface area contributed by atoms with Crippen LogP contribution in [0.25, 0.3) is 0 Å². The molecule has 1 heterocycles. The summed E-state index contributed by atoms with van der Waals surface area (Å²) < 4.78 is 5.44. The number of hydrogen-bond acceptors (Lipinski definition) is 4. The lowest BCUT2D eigenvalue weighted by atomic mass is 9.97. The molecular formula is C13H23N3O. The van der Waals surface area contributed by atoms with Crippen LogP contribution in [0.5, 0.6) is 0 Å². The molecule has 0 fully saturated rings. The molecule has 4 nitrogen and oxygen atoms in total. The molecule has 0 radical (unpaired) electrons. The van der Waals surface area contributed by atoms with E-state index < -0.39 is 0 Å². The third-order valence-corrected chi connectivity index (χ3v) is 3.00. The molecule has 0 aliphatic carbocycles. The Labute approximate surface area is 104 Å². The topological polar surface area (TPSA) is 47.0 Å². The Hall–Kier alpha value is -1.00. The van der Waals surface area contributed by atoms with Gasteiger partial charge in [-0.3, -0.25) is 0 Å². The van der Waals surface area contributed by atoms with E-state index in [0.29, 0.717) is 0 Å². The molecule has 1 rings (SSSR count). The molecule has 0 aliphatic heterocycles. The Balaban J connectivity index is 2.61. The summed E-state index contributed by atoms with van der Waals surface area (Å²) in [5, 5.41) is 3.45. The van der Waals surface area contributed by atoms with Crippen molar-refractivity contribution >= 4 is 0 Å². The molecule has 0 saturated heterocycles. The first-order valence-electron chi connectivity index (χ1n) is 6.13. The maximum Gasteiger partial charge on any atom is 0.115 e. The highest BCUT2D eigenvalue weighted by Crippen LogP contribution is 2.23. The van der Waals surface area contributed by atoms with Crippen LogP contribution in [-0.2, 0) is 4.74 Å². The lowest BCUT2D eigenvalue weighted by Crippen LogP contribution is -2.27. The minimum Gasteiger partial charge on any atom is -0.379 e. The van der Waals surface area contributed by atoms with Crippen LogP contribution < -0.4 is 5.32 Å². The van der Waals surface area contributed by atoms with Crippen molar-refractivity contribution in [2.24, 2.45) is 0 Å². The first kappa shape index (κ1) is 14.1. The molecule has 0 saturated carbocycles. The Kier molecular flexibility index (Phi) is 5.51. The van der Waals surface area contributed by atoms with Gasteiger partial charge in [0.2, 0.25) is 0 Å². The van der Waals surface area contributed by atoms with Crippen LogP contribution in [0.4, 0.5) is 0 Å². The standard InChI is InChI=1S/C13H23N3O/c1-5-15-11(6-8-13(2,3)17-4)12-7-9-14-10-16-12/h7,9-11,15H,5-6,8H2,1-4H3. The molecule has 0 aromatic carbocycles. The fourth-order valence-electron chi connectivity index (χ4n) is 1.70. The summed E-state index contributed by atoms with van der Waals surface area (Å²) in [5.74, 6) is 0. The maximum atomic E-state index is 5.44. The fraction of sp³-hybridized carbons (Fsp3) is 0.692. The summed E-state index contributed by atoms with van der Waals surface area (Å²) >= 11 is 0. The van der Waals surface area contributed by atoms with Crippen molar-refractivity contribution in [3.05, 3.63) is 24.3 Å². The van der Waals surface area contributed by atoms with Gasteiger partial charge in [-0.1, -0.05) is 6.92 Å². The van der Waals surface area contributed by atoms with Gasteiger partial charge in [0, 0.05) is 19.3 Å². The fourth-order valence-corrected chi connectivity index (χ4v) is 1.70. The van der Waals surface area contributed by atoms with Crippen molar-refractivity contribution < 1.29 is 4.74 Å². The molecule has 0 amide bonds. The van der Waals surface area contributed by atoms with E-state index in [0.717, 1.165) is 25.1 Å². The van der Waals surface area contributed by atoms with Gasteiger partial charge < -0.3 is 10.1 Å². The van der Waals surface area contributed by atoms with Crippen molar-refractivity contribution in [1.82, 2.24) is 15.3 Å². The molecule has 1 atom stereocenters. The number of rotatable bonds is 7. The van der Waals surface area contributed by atoms with Crippen LogP contribution in [-0.4, -0.2) is 29.2 Å². The minimum atomic E-state index is -0.0826. The van der Waals surface area contributed by atoms with Crippen molar-refractivity contribution in [3.63, 3.8) is 0 Å². The summed E-state index contributed by atoms with van der Waals surface area (Å²) in [7, 11) is 1.76. The highest BCUT2D eigenvalue weighted by atomic mass is 16.5. The Morgan fingerprint density at radius 1 is 1.47 bits per heavy atom. The van der Waals surface area contributed by atoms with Gasteiger partial charge in [-0.05, 0) is 39.3 Å². The van der Waals surface area contributed by atoms with Gasteiger partial charge in [0.25, 0.3) is 0 Å². The average molecular weight is 237 g/mol. The number of ether oxygens (including phenoxy) is 1. The third kappa shape index (κ3) is 4.79. The predicted octanol–water partition coefficient (Wildman–Crippen LogP) is 2.33. The Morgan fingerprint density at radius 2 is 2.24 bits per heavy atom. The maximum absolute atomic E-state index is 5.44. The molecule has 96 valence electrons. The van der Waals surface area contributed by atoms with Crippen molar-refractivity contribution in [1.29, 1.82) is 0 Å². The zero-order valence-corrected chi connectivity index (χ0v) is 11.2. The molecule has 1 aromatic heterocycles. The quantitative estimate of drug-likeness (QED) is 0.790. The second-order valence-electron chi connectivity index (χ2n) is 4.75. The largest absolute Gasteiger partial charge is 0.379 e. The van der Waals surface area contributed by atoms with Gasteiger partial charge in [0.05, 0.1) is 11.3 Å². The zero-order valence-electron chi connectivity index (χ0n) is 11.2. The number of nitrogens with zero attached hydrogens (tertiary/aromatic N) is 2. The monoisotopic (exact) mass is 237 g/mol. The predicted molar refractivity (Wildman–Crippen MR) is 68.8 cm³/mol. The summed E-state index contributed by atoms with van der Waals surface area (Å²) in [6.07, 6.45) is 5.38. The van der Waals surface area contributed by atoms with Crippen LogP contribution in [0, 0.1) is 0 Å². The summed E-state index contributed by atoms with van der Waals surface area (Å²) in [4.78, 5) is 8.26. The van der Waals surface area contributed by atoms with Crippen molar-refractivity contribution in [2.45, 2.75) is 45.3 Å². The van der Waals surface area contributed by atoms with Crippen LogP contribution in [0.3, 0.4) is 0 Å². The summed E-state index contributed by atoms with van der Waals surface area (Å²) in [6, 6.07) is 2.24. The third-order valence-electron chi connectivity index (χ3n) is 3.00. The van der Waals surface area contributed by atoms with Crippen molar-refractivity contribution in [3.8, 4) is 0 Å². The van der Waals surface area contributed by atoms with Gasteiger partial charge in [0.15, 0.2) is 0 Å². The van der Waals surface area contributed by atoms with E-state index in [1.165, 1.54) is 0 Å². The van der Waals surface area contributed by atoms with Crippen LogP contribution >= 0.6 is 0 Å². The Bertz CT molecular complexity index is 314. The highest BCUT2D eigenvalue weighted by molar-refractivity contribution is 5.04. The molecule has 0 spiro atoms. The van der Waals surface area contributed by atoms with Crippen LogP contribution in [0.1, 0.15) is 45.3 Å². The molecule has 1 unspecified atom stereocenters. The van der Waals surface area contributed by atoms with E-state index in [2.05, 4.69) is 36.1 Å². The number of nitrogens with one attached hydrogen (secondary N) is 1. The van der Waals surface area contributed by atoms with E-state index in [4.69, 9.17) is 4.74 Å². The molecule has 17 heavy (non-hydrogen) atoms. The lowest BCUT2D eigenvalue weighted by Gasteiger charge is -2.26. The second kappa shape index (κ2) is 6.67. The number of hydrogen-bond donors (Lipinski definition) is 1. The smallest absolute Gasteiger partial charge is 0.115 e. The summed E-state index contributed by atoms with van der Waals surface area (Å²) in [5.41, 5.74) is 0.967. The first-order chi connectivity index (χ1) is 8.09. The second-order valence-corrected chi connectivity index (χ2v) is 4.75. The number of methoxy groups -OCH3 is 1. The zero-order chi connectivity index (χ0) is 12.7. The lowest BCUT2D eigenvalue weighted by molar-refractivity contribution is 0.0116. The van der Waals surface area contributed by atoms with E-state index in [1.807, 2.05) is 6.07 Å². The average Bonchev–Trinajstić information content (AvgIpc) is 2.35. The SMILES string of the molecule is CCNC(CCC(C)(C)OC)c1ccncn1. The van der Waals surface area contributed by atoms with E-state index in [1.54, 1.807) is 19.6 Å². The van der Waals surface area contributed by atoms with Gasteiger partial charge in [0.1, 0.15) is 6.33 Å². The first-order valence-corrected chi connectivity index (χ1v) is 6.13. The van der Waals surface area contributed by atoms with Gasteiger partial charge >= 0.3 is 0 Å². The molecule has 4 heteroatoms. The normalized spacial score (nSPS) is 13.6. The van der Waals surface area contributed by atoms with Gasteiger partial charge in [-0.15, -0.1) is 0 Å². The molecular weight excluding hydrogens is 214 g/mol. The highest BCUT2D eigenvalue weighted by Gasteiger charge is 2.20. The molecule has 0 bridgehead atoms. The van der Waals surface area contributed by atoms with Crippen molar-refractivity contribution in [2.75, 3.05) is 13.7 Å². The van der Waals surface area contributed by atoms with Gasteiger partial charge in [-0.2, -0.15) is 0 Å². The number of aromatic nitrogens is 2. The molecule has 0 aliphatic rings. The molecule has 1 N–H and O–H groups in total. The van der Waals surface area contributed by atoms with Crippen LogP contribution in [0.15, 0.2) is 18.6 Å². The molecule has 1 aromatic rings. The van der Waals surface area contributed by atoms with E-state index in [-0.39, 0.29) is 11.6 Å². The Morgan fingerprint density at radius 3 is 2.76 bits per heavy atom. The van der Waals surface area contributed by atoms with Crippen LogP contribution in [0.2, 0.25) is 0 Å². The summed E-state index contributed by atoms with van der Waals surface area (Å²) in [6.45, 7) is 7.25. The van der Waals surface area contributed by atoms with E-state index >= 15 is 0 Å². The van der Waals surface area contributed by atoms with Gasteiger partial charge in [-0.25, -0.2) is 9.97 Å².